The molecule has 1 N–H and O–H groups in total. The first-order valence-corrected chi connectivity index (χ1v) is 38.4. The third-order valence-corrected chi connectivity index (χ3v) is 17.1. The third-order valence-electron chi connectivity index (χ3n) is 17.1. The second kappa shape index (κ2) is 77.8. The molecule has 5 nitrogen and oxygen atoms in total. The van der Waals surface area contributed by atoms with Crippen molar-refractivity contribution in [2.24, 2.45) is 0 Å². The molecule has 0 aromatic carbocycles. The fraction of sp³-hybridized carbons (Fsp3) is 0.759. The Morgan fingerprint density at radius 1 is 0.273 bits per heavy atom. The van der Waals surface area contributed by atoms with E-state index in [4.69, 9.17) is 9.47 Å². The van der Waals surface area contributed by atoms with Crippen LogP contribution >= 0.6 is 0 Å². The topological polar surface area (TPSA) is 72.8 Å². The van der Waals surface area contributed by atoms with Crippen molar-refractivity contribution in [2.45, 2.75) is 392 Å². The van der Waals surface area contributed by atoms with Crippen molar-refractivity contribution >= 4 is 11.9 Å². The maximum atomic E-state index is 12.4. The van der Waals surface area contributed by atoms with Gasteiger partial charge in [0.05, 0.1) is 6.61 Å². The molecule has 1 unspecified atom stereocenters. The quantitative estimate of drug-likeness (QED) is 0.0373. The van der Waals surface area contributed by atoms with Gasteiger partial charge in [-0.05, 0) is 103 Å². The highest BCUT2D eigenvalue weighted by Gasteiger charge is 2.16. The highest BCUT2D eigenvalue weighted by Crippen LogP contribution is 2.19. The number of hydrogen-bond acceptors (Lipinski definition) is 5. The van der Waals surface area contributed by atoms with E-state index in [1.54, 1.807) is 0 Å². The molecule has 0 amide bonds. The molecule has 0 aromatic heterocycles. The molecule has 0 aliphatic carbocycles. The van der Waals surface area contributed by atoms with Gasteiger partial charge in [0, 0.05) is 12.8 Å². The largest absolute Gasteiger partial charge is 0.462 e. The lowest BCUT2D eigenvalue weighted by molar-refractivity contribution is -0.161. The first-order chi connectivity index (χ1) is 43.6. The van der Waals surface area contributed by atoms with Crippen molar-refractivity contribution in [3.8, 4) is 0 Å². The van der Waals surface area contributed by atoms with Crippen LogP contribution in [0, 0.1) is 0 Å². The standard InChI is InChI=1S/C83H146O5/c1-3-5-7-9-11-13-15-17-19-21-23-25-27-29-31-33-35-37-38-39-40-41-42-43-44-46-48-50-52-54-56-58-60-62-64-66-68-70-72-74-76-78-83(86)88-81(79-84)80-87-82(85)77-75-73-71-69-67-65-63-61-59-57-55-53-51-49-47-45-36-34-32-30-28-26-24-22-20-18-16-14-12-10-8-6-4-2/h5,7,11,13,16-19,22-25,29,31,35,37,39-40,81,84H,3-4,6,8-10,12,14-15,20-21,26-28,30,32-34,36,38,41-80H2,1-2H3/b7-5-,13-11-,18-16-,19-17-,24-22-,25-23-,31-29-,37-35-,40-39-. The molecule has 0 bridgehead atoms. The van der Waals surface area contributed by atoms with Crippen molar-refractivity contribution in [1.82, 2.24) is 0 Å². The normalized spacial score (nSPS) is 12.8. The van der Waals surface area contributed by atoms with E-state index in [-0.39, 0.29) is 25.2 Å². The Morgan fingerprint density at radius 2 is 0.489 bits per heavy atom. The zero-order valence-corrected chi connectivity index (χ0v) is 58.5. The van der Waals surface area contributed by atoms with Crippen LogP contribution in [0.25, 0.3) is 0 Å². The van der Waals surface area contributed by atoms with Crippen molar-refractivity contribution in [3.63, 3.8) is 0 Å². The summed E-state index contributed by atoms with van der Waals surface area (Å²) in [5.41, 5.74) is 0. The average Bonchev–Trinajstić information content (AvgIpc) is 3.56. The van der Waals surface area contributed by atoms with Crippen molar-refractivity contribution in [2.75, 3.05) is 13.2 Å². The van der Waals surface area contributed by atoms with E-state index in [0.717, 1.165) is 89.9 Å². The summed E-state index contributed by atoms with van der Waals surface area (Å²) in [7, 11) is 0. The van der Waals surface area contributed by atoms with E-state index >= 15 is 0 Å². The van der Waals surface area contributed by atoms with E-state index < -0.39 is 6.10 Å². The van der Waals surface area contributed by atoms with Crippen LogP contribution in [0.5, 0.6) is 0 Å². The van der Waals surface area contributed by atoms with Gasteiger partial charge in [0.2, 0.25) is 0 Å². The predicted octanol–water partition coefficient (Wildman–Crippen LogP) is 27.1. The van der Waals surface area contributed by atoms with Gasteiger partial charge in [-0.25, -0.2) is 0 Å². The molecule has 508 valence electrons. The lowest BCUT2D eigenvalue weighted by atomic mass is 10.0. The van der Waals surface area contributed by atoms with Gasteiger partial charge in [0.1, 0.15) is 6.61 Å². The summed E-state index contributed by atoms with van der Waals surface area (Å²) in [4.78, 5) is 24.7. The number of allylic oxidation sites excluding steroid dienone is 18. The Labute approximate surface area is 548 Å². The number of carbonyl (C=O) groups excluding carboxylic acids is 2. The summed E-state index contributed by atoms with van der Waals surface area (Å²) in [6, 6.07) is 0. The first-order valence-electron chi connectivity index (χ1n) is 38.4. The van der Waals surface area contributed by atoms with Gasteiger partial charge >= 0.3 is 11.9 Å². The minimum Gasteiger partial charge on any atom is -0.462 e. The number of esters is 2. The molecule has 0 saturated carbocycles. The van der Waals surface area contributed by atoms with Gasteiger partial charge in [-0.15, -0.1) is 0 Å². The molecule has 5 heteroatoms. The van der Waals surface area contributed by atoms with Crippen LogP contribution in [0.15, 0.2) is 109 Å². The molecule has 0 rings (SSSR count). The lowest BCUT2D eigenvalue weighted by Gasteiger charge is -2.15. The van der Waals surface area contributed by atoms with E-state index in [9.17, 15) is 14.7 Å². The fourth-order valence-electron chi connectivity index (χ4n) is 11.3. The zero-order valence-electron chi connectivity index (χ0n) is 58.5. The van der Waals surface area contributed by atoms with E-state index in [0.29, 0.717) is 12.8 Å². The molecule has 0 aliphatic rings. The zero-order chi connectivity index (χ0) is 63.3. The summed E-state index contributed by atoms with van der Waals surface area (Å²) in [5, 5.41) is 9.72. The summed E-state index contributed by atoms with van der Waals surface area (Å²) in [5.74, 6) is -0.572. The summed E-state index contributed by atoms with van der Waals surface area (Å²) >= 11 is 0. The van der Waals surface area contributed by atoms with Crippen molar-refractivity contribution in [1.29, 1.82) is 0 Å². The monoisotopic (exact) mass is 1220 g/mol. The number of carbonyl (C=O) groups is 2. The van der Waals surface area contributed by atoms with E-state index in [1.165, 1.54) is 270 Å². The molecule has 0 aliphatic heterocycles. The second-order valence-corrected chi connectivity index (χ2v) is 25.7. The third kappa shape index (κ3) is 75.0. The van der Waals surface area contributed by atoms with Crippen LogP contribution in [-0.4, -0.2) is 36.4 Å². The second-order valence-electron chi connectivity index (χ2n) is 25.7. The lowest BCUT2D eigenvalue weighted by Crippen LogP contribution is -2.28. The van der Waals surface area contributed by atoms with Gasteiger partial charge in [-0.1, -0.05) is 380 Å². The molecule has 0 saturated heterocycles. The van der Waals surface area contributed by atoms with E-state index in [2.05, 4.69) is 123 Å². The van der Waals surface area contributed by atoms with Gasteiger partial charge in [-0.3, -0.25) is 9.59 Å². The summed E-state index contributed by atoms with van der Waals surface area (Å²) in [6.45, 7) is 4.06. The number of ether oxygens (including phenoxy) is 2. The molecule has 0 fully saturated rings. The average molecular weight is 1220 g/mol. The smallest absolute Gasteiger partial charge is 0.306 e. The molecule has 0 spiro atoms. The molecule has 0 heterocycles. The molecule has 0 radical (unpaired) electrons. The Hall–Kier alpha value is -3.44. The molecular weight excluding hydrogens is 1080 g/mol. The molecule has 88 heavy (non-hydrogen) atoms. The Bertz CT molecular complexity index is 1670. The SMILES string of the molecule is CC/C=C\C/C=C\C/C=C\C/C=C\C/C=C\C/C=C\C/C=C\CCCCCCCCCCCCCCCCCCCCCC(=O)OC(CO)COC(=O)CCCCCCCCCCCCCCCCCCCCCCC/C=C\C/C=C\CCCCCCC. The minimum atomic E-state index is -0.775. The maximum absolute atomic E-state index is 12.4. The van der Waals surface area contributed by atoms with Crippen LogP contribution in [-0.2, 0) is 19.1 Å². The van der Waals surface area contributed by atoms with E-state index in [1.807, 2.05) is 0 Å². The number of unbranched alkanes of at least 4 members (excludes halogenated alkanes) is 45. The summed E-state index contributed by atoms with van der Waals surface area (Å²) in [6.07, 6.45) is 113. The number of aliphatic hydroxyl groups is 1. The Morgan fingerprint density at radius 3 is 0.739 bits per heavy atom. The van der Waals surface area contributed by atoms with Crippen LogP contribution in [0.2, 0.25) is 0 Å². The number of hydrogen-bond donors (Lipinski definition) is 1. The van der Waals surface area contributed by atoms with Crippen LogP contribution < -0.4 is 0 Å². The number of aliphatic hydroxyl groups excluding tert-OH is 1. The summed E-state index contributed by atoms with van der Waals surface area (Å²) < 4.78 is 10.8. The molecule has 1 atom stereocenters. The highest BCUT2D eigenvalue weighted by atomic mass is 16.6. The molecular formula is C83H146O5. The Balaban J connectivity index is 3.42. The maximum Gasteiger partial charge on any atom is 0.306 e. The fourth-order valence-corrected chi connectivity index (χ4v) is 11.3. The minimum absolute atomic E-state index is 0.0635. The van der Waals surface area contributed by atoms with Crippen LogP contribution in [0.1, 0.15) is 386 Å². The van der Waals surface area contributed by atoms with Gasteiger partial charge in [0.15, 0.2) is 6.10 Å². The van der Waals surface area contributed by atoms with Crippen LogP contribution in [0.4, 0.5) is 0 Å². The van der Waals surface area contributed by atoms with Crippen LogP contribution in [0.3, 0.4) is 0 Å². The van der Waals surface area contributed by atoms with Gasteiger partial charge < -0.3 is 14.6 Å². The van der Waals surface area contributed by atoms with Gasteiger partial charge in [-0.2, -0.15) is 0 Å². The highest BCUT2D eigenvalue weighted by molar-refractivity contribution is 5.70. The Kier molecular flexibility index (Phi) is 74.8. The van der Waals surface area contributed by atoms with Gasteiger partial charge in [0.25, 0.3) is 0 Å². The molecule has 0 aromatic rings. The van der Waals surface area contributed by atoms with Crippen molar-refractivity contribution in [3.05, 3.63) is 109 Å². The number of rotatable bonds is 71. The predicted molar refractivity (Wildman–Crippen MR) is 389 cm³/mol. The van der Waals surface area contributed by atoms with Crippen molar-refractivity contribution < 1.29 is 24.2 Å². The first kappa shape index (κ1) is 84.6.